The first-order chi connectivity index (χ1) is 8.68. The molecule has 2 aromatic heterocycles. The summed E-state index contributed by atoms with van der Waals surface area (Å²) >= 11 is 3.23. The molecule has 18 heavy (non-hydrogen) atoms. The quantitative estimate of drug-likeness (QED) is 0.640. The highest BCUT2D eigenvalue weighted by Gasteiger charge is 2.16. The fraction of sp³-hybridized carbons (Fsp3) is 0.222. The van der Waals surface area contributed by atoms with Crippen LogP contribution in [0, 0.1) is 10.1 Å². The summed E-state index contributed by atoms with van der Waals surface area (Å²) in [7, 11) is 0. The van der Waals surface area contributed by atoms with E-state index in [1.54, 1.807) is 0 Å². The fourth-order valence-corrected chi connectivity index (χ4v) is 1.86. The van der Waals surface area contributed by atoms with Crippen LogP contribution in [-0.4, -0.2) is 31.6 Å². The number of aromatic nitrogens is 4. The summed E-state index contributed by atoms with van der Waals surface area (Å²) in [6, 6.07) is 0. The Morgan fingerprint density at radius 3 is 3.00 bits per heavy atom. The average Bonchev–Trinajstić information content (AvgIpc) is 2.84. The zero-order valence-electron chi connectivity index (χ0n) is 9.13. The molecule has 9 heteroatoms. The summed E-state index contributed by atoms with van der Waals surface area (Å²) in [5, 5.41) is 20.3. The van der Waals surface area contributed by atoms with Crippen LogP contribution in [0.1, 0.15) is 5.82 Å². The second kappa shape index (κ2) is 5.54. The average molecular weight is 313 g/mol. The predicted molar refractivity (Wildman–Crippen MR) is 67.2 cm³/mol. The lowest BCUT2D eigenvalue weighted by molar-refractivity contribution is -0.384. The predicted octanol–water partition coefficient (Wildman–Crippen LogP) is 1.52. The highest BCUT2D eigenvalue weighted by Crippen LogP contribution is 2.30. The molecule has 0 aliphatic carbocycles. The van der Waals surface area contributed by atoms with Gasteiger partial charge in [-0.3, -0.25) is 20.2 Å². The standard InChI is InChI=1S/C9H9BrN6O2/c10-6-3-11-4-7(16(17)18)9(6)12-2-1-8-13-5-14-15-8/h3-5H,1-2H2,(H,11,12)(H,13,14,15). The maximum absolute atomic E-state index is 10.8. The van der Waals surface area contributed by atoms with Crippen LogP contribution in [0.25, 0.3) is 0 Å². The van der Waals surface area contributed by atoms with E-state index in [0.717, 1.165) is 5.82 Å². The molecule has 0 aliphatic rings. The van der Waals surface area contributed by atoms with Crippen LogP contribution in [0.5, 0.6) is 0 Å². The monoisotopic (exact) mass is 312 g/mol. The van der Waals surface area contributed by atoms with Crippen molar-refractivity contribution in [1.29, 1.82) is 0 Å². The van der Waals surface area contributed by atoms with Gasteiger partial charge in [0.25, 0.3) is 0 Å². The number of halogens is 1. The number of nitrogens with one attached hydrogen (secondary N) is 2. The van der Waals surface area contributed by atoms with Gasteiger partial charge in [0.2, 0.25) is 0 Å². The van der Waals surface area contributed by atoms with Crippen LogP contribution in [0.15, 0.2) is 23.2 Å². The van der Waals surface area contributed by atoms with E-state index in [-0.39, 0.29) is 5.69 Å². The van der Waals surface area contributed by atoms with Crippen LogP contribution in [-0.2, 0) is 6.42 Å². The van der Waals surface area contributed by atoms with E-state index >= 15 is 0 Å². The number of hydrogen-bond acceptors (Lipinski definition) is 6. The molecule has 0 aromatic carbocycles. The van der Waals surface area contributed by atoms with E-state index in [1.807, 2.05) is 0 Å². The summed E-state index contributed by atoms with van der Waals surface area (Å²) in [4.78, 5) is 18.1. The normalized spacial score (nSPS) is 10.3. The Labute approximate surface area is 110 Å². The van der Waals surface area contributed by atoms with Gasteiger partial charge in [-0.15, -0.1) is 0 Å². The Hall–Kier alpha value is -2.03. The van der Waals surface area contributed by atoms with Crippen molar-refractivity contribution in [1.82, 2.24) is 20.2 Å². The van der Waals surface area contributed by atoms with E-state index < -0.39 is 4.92 Å². The SMILES string of the molecule is O=[N+]([O-])c1cncc(Br)c1NCCc1ncn[nH]1. The largest absolute Gasteiger partial charge is 0.378 e. The molecule has 0 amide bonds. The van der Waals surface area contributed by atoms with Gasteiger partial charge < -0.3 is 5.32 Å². The van der Waals surface area contributed by atoms with Crippen molar-refractivity contribution in [3.8, 4) is 0 Å². The van der Waals surface area contributed by atoms with Gasteiger partial charge >= 0.3 is 5.69 Å². The highest BCUT2D eigenvalue weighted by molar-refractivity contribution is 9.10. The molecule has 0 spiro atoms. The maximum atomic E-state index is 10.8. The number of pyridine rings is 1. The van der Waals surface area contributed by atoms with Gasteiger partial charge in [0.1, 0.15) is 24.0 Å². The van der Waals surface area contributed by atoms with Crippen molar-refractivity contribution >= 4 is 27.3 Å². The van der Waals surface area contributed by atoms with Crippen LogP contribution in [0.4, 0.5) is 11.4 Å². The Morgan fingerprint density at radius 2 is 2.33 bits per heavy atom. The first kappa shape index (κ1) is 12.4. The van der Waals surface area contributed by atoms with Crippen molar-refractivity contribution in [3.63, 3.8) is 0 Å². The van der Waals surface area contributed by atoms with Crippen molar-refractivity contribution < 1.29 is 4.92 Å². The number of nitro groups is 1. The minimum absolute atomic E-state index is 0.0676. The second-order valence-electron chi connectivity index (χ2n) is 3.38. The van der Waals surface area contributed by atoms with Crippen molar-refractivity contribution in [2.24, 2.45) is 0 Å². The molecule has 94 valence electrons. The third-order valence-corrected chi connectivity index (χ3v) is 2.81. The Kier molecular flexibility index (Phi) is 3.82. The molecule has 0 saturated heterocycles. The van der Waals surface area contributed by atoms with Gasteiger partial charge in [-0.2, -0.15) is 5.10 Å². The van der Waals surface area contributed by atoms with Crippen molar-refractivity contribution in [2.45, 2.75) is 6.42 Å². The molecule has 0 fully saturated rings. The summed E-state index contributed by atoms with van der Waals surface area (Å²) < 4.78 is 0.550. The van der Waals surface area contributed by atoms with Gasteiger partial charge in [0, 0.05) is 19.2 Å². The van der Waals surface area contributed by atoms with E-state index in [1.165, 1.54) is 18.7 Å². The van der Waals surface area contributed by atoms with Gasteiger partial charge in [0.15, 0.2) is 0 Å². The number of hydrogen-bond donors (Lipinski definition) is 2. The van der Waals surface area contributed by atoms with Gasteiger partial charge in [-0.25, -0.2) is 4.98 Å². The van der Waals surface area contributed by atoms with Crippen LogP contribution >= 0.6 is 15.9 Å². The lowest BCUT2D eigenvalue weighted by Crippen LogP contribution is -2.08. The van der Waals surface area contributed by atoms with E-state index in [9.17, 15) is 10.1 Å². The van der Waals surface area contributed by atoms with Gasteiger partial charge in [0.05, 0.1) is 9.40 Å². The van der Waals surface area contributed by atoms with Crippen molar-refractivity contribution in [3.05, 3.63) is 39.1 Å². The summed E-state index contributed by atoms with van der Waals surface area (Å²) in [5.74, 6) is 0.718. The topological polar surface area (TPSA) is 110 Å². The van der Waals surface area contributed by atoms with Gasteiger partial charge in [-0.05, 0) is 15.9 Å². The van der Waals surface area contributed by atoms with E-state index in [4.69, 9.17) is 0 Å². The molecule has 0 aliphatic heterocycles. The zero-order valence-corrected chi connectivity index (χ0v) is 10.7. The van der Waals surface area contributed by atoms with E-state index in [0.29, 0.717) is 23.1 Å². The molecule has 2 N–H and O–H groups in total. The molecule has 2 heterocycles. The lowest BCUT2D eigenvalue weighted by atomic mass is 10.3. The Balaban J connectivity index is 2.06. The third kappa shape index (κ3) is 2.80. The number of rotatable bonds is 5. The third-order valence-electron chi connectivity index (χ3n) is 2.20. The number of aromatic amines is 1. The Bertz CT molecular complexity index is 544. The first-order valence-corrected chi connectivity index (χ1v) is 5.84. The second-order valence-corrected chi connectivity index (χ2v) is 4.24. The molecule has 0 bridgehead atoms. The maximum Gasteiger partial charge on any atom is 0.311 e. The van der Waals surface area contributed by atoms with Crippen molar-refractivity contribution in [2.75, 3.05) is 11.9 Å². The molecule has 2 rings (SSSR count). The molecular formula is C9H9BrN6O2. The molecule has 0 atom stereocenters. The van der Waals surface area contributed by atoms with Gasteiger partial charge in [-0.1, -0.05) is 0 Å². The number of nitrogens with zero attached hydrogens (tertiary/aromatic N) is 4. The lowest BCUT2D eigenvalue weighted by Gasteiger charge is -2.07. The fourth-order valence-electron chi connectivity index (χ4n) is 1.40. The molecule has 0 saturated carbocycles. The molecule has 0 unspecified atom stereocenters. The highest BCUT2D eigenvalue weighted by atomic mass is 79.9. The minimum atomic E-state index is -0.478. The molecule has 8 nitrogen and oxygen atoms in total. The first-order valence-electron chi connectivity index (χ1n) is 5.04. The summed E-state index contributed by atoms with van der Waals surface area (Å²) in [6.45, 7) is 0.499. The molecular weight excluding hydrogens is 304 g/mol. The Morgan fingerprint density at radius 1 is 1.50 bits per heavy atom. The van der Waals surface area contributed by atoms with E-state index in [2.05, 4.69) is 41.4 Å². The number of anilines is 1. The zero-order chi connectivity index (χ0) is 13.0. The molecule has 0 radical (unpaired) electrons. The van der Waals surface area contributed by atoms with Crippen LogP contribution in [0.3, 0.4) is 0 Å². The minimum Gasteiger partial charge on any atom is -0.378 e. The van der Waals surface area contributed by atoms with Crippen LogP contribution in [0.2, 0.25) is 0 Å². The smallest absolute Gasteiger partial charge is 0.311 e. The summed E-state index contributed by atoms with van der Waals surface area (Å²) in [6.07, 6.45) is 4.72. The number of H-pyrrole nitrogens is 1. The van der Waals surface area contributed by atoms with Crippen LogP contribution < -0.4 is 5.32 Å². The summed E-state index contributed by atoms with van der Waals surface area (Å²) in [5.41, 5.74) is 0.344. The molecule has 2 aromatic rings.